The highest BCUT2D eigenvalue weighted by atomic mass is 16.5. The van der Waals surface area contributed by atoms with Crippen molar-refractivity contribution in [1.29, 1.82) is 5.26 Å². The average Bonchev–Trinajstić information content (AvgIpc) is 2.27. The maximum Gasteiger partial charge on any atom is 0.338 e. The van der Waals surface area contributed by atoms with Crippen molar-refractivity contribution in [1.82, 2.24) is 0 Å². The molecule has 72 valence electrons. The zero-order valence-electron chi connectivity index (χ0n) is 8.15. The molecule has 0 aromatic heterocycles. The van der Waals surface area contributed by atoms with E-state index in [1.165, 1.54) is 7.11 Å². The van der Waals surface area contributed by atoms with Crippen LogP contribution >= 0.6 is 0 Å². The first-order chi connectivity index (χ1) is 6.70. The lowest BCUT2D eigenvalue weighted by atomic mass is 9.97. The van der Waals surface area contributed by atoms with Crippen LogP contribution in [0.4, 0.5) is 0 Å². The van der Waals surface area contributed by atoms with E-state index in [4.69, 9.17) is 5.26 Å². The first-order valence-electron chi connectivity index (χ1n) is 4.27. The summed E-state index contributed by atoms with van der Waals surface area (Å²) >= 11 is 0. The van der Waals surface area contributed by atoms with Gasteiger partial charge in [0.25, 0.3) is 0 Å². The molecule has 1 aromatic carbocycles. The zero-order chi connectivity index (χ0) is 10.6. The number of nitriles is 1. The van der Waals surface area contributed by atoms with Crippen LogP contribution in [0.5, 0.6) is 0 Å². The quantitative estimate of drug-likeness (QED) is 0.669. The van der Waals surface area contributed by atoms with Gasteiger partial charge in [-0.3, -0.25) is 0 Å². The van der Waals surface area contributed by atoms with Gasteiger partial charge in [0.15, 0.2) is 0 Å². The van der Waals surface area contributed by atoms with Gasteiger partial charge in [0.1, 0.15) is 0 Å². The second-order valence-corrected chi connectivity index (χ2v) is 2.93. The number of methoxy groups -OCH3 is 1. The van der Waals surface area contributed by atoms with E-state index in [2.05, 4.69) is 10.8 Å². The fourth-order valence-corrected chi connectivity index (χ4v) is 1.24. The van der Waals surface area contributed by atoms with Crippen LogP contribution in [0.1, 0.15) is 28.8 Å². The SMILES string of the molecule is COC(=O)c1ccccc1C(C)C#N. The van der Waals surface area contributed by atoms with Gasteiger partial charge in [-0.25, -0.2) is 4.79 Å². The lowest BCUT2D eigenvalue weighted by molar-refractivity contribution is 0.0599. The van der Waals surface area contributed by atoms with E-state index in [0.717, 1.165) is 0 Å². The predicted molar refractivity (Wildman–Crippen MR) is 51.8 cm³/mol. The summed E-state index contributed by atoms with van der Waals surface area (Å²) in [4.78, 5) is 11.3. The number of hydrogen-bond acceptors (Lipinski definition) is 3. The second kappa shape index (κ2) is 4.43. The fraction of sp³-hybridized carbons (Fsp3) is 0.273. The lowest BCUT2D eigenvalue weighted by Crippen LogP contribution is -2.06. The minimum absolute atomic E-state index is 0.301. The molecule has 0 amide bonds. The van der Waals surface area contributed by atoms with Crippen LogP contribution < -0.4 is 0 Å². The van der Waals surface area contributed by atoms with Crippen molar-refractivity contribution < 1.29 is 9.53 Å². The van der Waals surface area contributed by atoms with Gasteiger partial charge >= 0.3 is 5.97 Å². The molecule has 0 spiro atoms. The number of nitrogens with zero attached hydrogens (tertiary/aromatic N) is 1. The molecule has 3 heteroatoms. The van der Waals surface area contributed by atoms with Crippen LogP contribution in [0, 0.1) is 11.3 Å². The van der Waals surface area contributed by atoms with E-state index in [1.807, 2.05) is 0 Å². The minimum Gasteiger partial charge on any atom is -0.465 e. The molecule has 14 heavy (non-hydrogen) atoms. The fourth-order valence-electron chi connectivity index (χ4n) is 1.24. The Morgan fingerprint density at radius 3 is 2.71 bits per heavy atom. The number of carbonyl (C=O) groups is 1. The number of carbonyl (C=O) groups excluding carboxylic acids is 1. The molecule has 0 saturated heterocycles. The van der Waals surface area contributed by atoms with Crippen molar-refractivity contribution in [3.63, 3.8) is 0 Å². The lowest BCUT2D eigenvalue weighted by Gasteiger charge is -2.08. The van der Waals surface area contributed by atoms with Crippen LogP contribution in [0.15, 0.2) is 24.3 Å². The molecule has 1 rings (SSSR count). The molecule has 0 bridgehead atoms. The van der Waals surface area contributed by atoms with Gasteiger partial charge in [-0.1, -0.05) is 18.2 Å². The number of benzene rings is 1. The summed E-state index contributed by atoms with van der Waals surface area (Å²) in [6.07, 6.45) is 0. The molecule has 1 aromatic rings. The Morgan fingerprint density at radius 2 is 2.14 bits per heavy atom. The van der Waals surface area contributed by atoms with Crippen LogP contribution in [0.25, 0.3) is 0 Å². The van der Waals surface area contributed by atoms with Crippen LogP contribution in [-0.2, 0) is 4.74 Å². The van der Waals surface area contributed by atoms with Crippen LogP contribution in [0.3, 0.4) is 0 Å². The summed E-state index contributed by atoms with van der Waals surface area (Å²) in [5, 5.41) is 8.77. The zero-order valence-corrected chi connectivity index (χ0v) is 8.15. The monoisotopic (exact) mass is 189 g/mol. The number of hydrogen-bond donors (Lipinski definition) is 0. The molecule has 1 unspecified atom stereocenters. The number of rotatable bonds is 2. The molecule has 0 radical (unpaired) electrons. The third-order valence-electron chi connectivity index (χ3n) is 2.03. The van der Waals surface area contributed by atoms with Gasteiger partial charge in [0, 0.05) is 0 Å². The summed E-state index contributed by atoms with van der Waals surface area (Å²) < 4.78 is 4.62. The third kappa shape index (κ3) is 1.91. The largest absolute Gasteiger partial charge is 0.465 e. The molecule has 1 atom stereocenters. The van der Waals surface area contributed by atoms with Crippen LogP contribution in [0.2, 0.25) is 0 Å². The highest BCUT2D eigenvalue weighted by molar-refractivity contribution is 5.91. The molecule has 0 N–H and O–H groups in total. The Hall–Kier alpha value is -1.82. The Kier molecular flexibility index (Phi) is 3.24. The molecule has 0 saturated carbocycles. The number of ether oxygens (including phenoxy) is 1. The second-order valence-electron chi connectivity index (χ2n) is 2.93. The molecular formula is C11H11NO2. The van der Waals surface area contributed by atoms with E-state index < -0.39 is 5.97 Å². The van der Waals surface area contributed by atoms with E-state index in [9.17, 15) is 4.79 Å². The van der Waals surface area contributed by atoms with E-state index in [1.54, 1.807) is 31.2 Å². The van der Waals surface area contributed by atoms with Crippen molar-refractivity contribution >= 4 is 5.97 Å². The van der Waals surface area contributed by atoms with E-state index in [0.29, 0.717) is 11.1 Å². The Morgan fingerprint density at radius 1 is 1.50 bits per heavy atom. The summed E-state index contributed by atoms with van der Waals surface area (Å²) in [5.74, 6) is -0.701. The first kappa shape index (κ1) is 10.3. The van der Waals surface area contributed by atoms with Crippen molar-refractivity contribution in [2.45, 2.75) is 12.8 Å². The summed E-state index contributed by atoms with van der Waals surface area (Å²) in [6, 6.07) is 9.07. The van der Waals surface area contributed by atoms with Gasteiger partial charge in [0.05, 0.1) is 24.7 Å². The topological polar surface area (TPSA) is 50.1 Å². The first-order valence-corrected chi connectivity index (χ1v) is 4.27. The third-order valence-corrected chi connectivity index (χ3v) is 2.03. The van der Waals surface area contributed by atoms with Crippen LogP contribution in [-0.4, -0.2) is 13.1 Å². The molecule has 0 aliphatic rings. The molecule has 0 aliphatic carbocycles. The Labute approximate surface area is 82.9 Å². The van der Waals surface area contributed by atoms with Gasteiger partial charge in [-0.05, 0) is 18.6 Å². The Bertz CT molecular complexity index is 379. The van der Waals surface area contributed by atoms with Crippen molar-refractivity contribution in [2.75, 3.05) is 7.11 Å². The van der Waals surface area contributed by atoms with Gasteiger partial charge in [0.2, 0.25) is 0 Å². The predicted octanol–water partition coefficient (Wildman–Crippen LogP) is 2.10. The molecule has 3 nitrogen and oxygen atoms in total. The van der Waals surface area contributed by atoms with Crippen molar-refractivity contribution in [3.05, 3.63) is 35.4 Å². The van der Waals surface area contributed by atoms with E-state index >= 15 is 0 Å². The smallest absolute Gasteiger partial charge is 0.338 e. The summed E-state index contributed by atoms with van der Waals surface area (Å²) in [5.41, 5.74) is 1.17. The van der Waals surface area contributed by atoms with Gasteiger partial charge in [-0.15, -0.1) is 0 Å². The maximum atomic E-state index is 11.3. The maximum absolute atomic E-state index is 11.3. The standard InChI is InChI=1S/C11H11NO2/c1-8(7-12)9-5-3-4-6-10(9)11(13)14-2/h3-6,8H,1-2H3. The van der Waals surface area contributed by atoms with Gasteiger partial charge in [-0.2, -0.15) is 5.26 Å². The van der Waals surface area contributed by atoms with E-state index in [-0.39, 0.29) is 5.92 Å². The molecular weight excluding hydrogens is 178 g/mol. The average molecular weight is 189 g/mol. The minimum atomic E-state index is -0.400. The highest BCUT2D eigenvalue weighted by Crippen LogP contribution is 2.19. The van der Waals surface area contributed by atoms with Gasteiger partial charge < -0.3 is 4.74 Å². The summed E-state index contributed by atoms with van der Waals surface area (Å²) in [6.45, 7) is 1.75. The van der Waals surface area contributed by atoms with Crippen molar-refractivity contribution in [3.8, 4) is 6.07 Å². The summed E-state index contributed by atoms with van der Waals surface area (Å²) in [7, 11) is 1.33. The molecule has 0 aliphatic heterocycles. The normalized spacial score (nSPS) is 11.5. The molecule has 0 fully saturated rings. The van der Waals surface area contributed by atoms with Crippen molar-refractivity contribution in [2.24, 2.45) is 0 Å². The Balaban J connectivity index is 3.17. The molecule has 0 heterocycles. The number of esters is 1. The highest BCUT2D eigenvalue weighted by Gasteiger charge is 2.14.